The molecule has 2 heteroatoms. The smallest absolute Gasteiger partial charge is 0.0574 e. The topological polar surface area (TPSA) is 23.5 Å². The molecule has 0 bridgehead atoms. The third kappa shape index (κ3) is 3.01. The molecule has 1 aromatic rings. The summed E-state index contributed by atoms with van der Waals surface area (Å²) in [6.07, 6.45) is 1.68. The molecule has 1 fully saturated rings. The van der Waals surface area contributed by atoms with E-state index < -0.39 is 0 Å². The van der Waals surface area contributed by atoms with E-state index in [-0.39, 0.29) is 11.5 Å². The zero-order chi connectivity index (χ0) is 12.5. The molecule has 94 valence electrons. The summed E-state index contributed by atoms with van der Waals surface area (Å²) in [5.41, 5.74) is 2.87. The molecule has 0 amide bonds. The van der Waals surface area contributed by atoms with E-state index in [0.29, 0.717) is 0 Å². The molecule has 0 aliphatic carbocycles. The van der Waals surface area contributed by atoms with E-state index in [1.165, 1.54) is 11.3 Å². The van der Waals surface area contributed by atoms with E-state index in [1.807, 2.05) is 0 Å². The van der Waals surface area contributed by atoms with Crippen LogP contribution in [0.15, 0.2) is 24.3 Å². The lowest BCUT2D eigenvalue weighted by molar-refractivity contribution is 0.145. The van der Waals surface area contributed by atoms with Crippen LogP contribution in [0.25, 0.3) is 0 Å². The summed E-state index contributed by atoms with van der Waals surface area (Å²) in [4.78, 5) is 2.36. The molecule has 0 atom stereocenters. The van der Waals surface area contributed by atoms with Crippen molar-refractivity contribution in [3.05, 3.63) is 29.8 Å². The van der Waals surface area contributed by atoms with E-state index in [4.69, 9.17) is 0 Å². The van der Waals surface area contributed by atoms with Gasteiger partial charge in [-0.3, -0.25) is 0 Å². The molecule has 0 spiro atoms. The van der Waals surface area contributed by atoms with Crippen molar-refractivity contribution in [1.29, 1.82) is 0 Å². The van der Waals surface area contributed by atoms with Gasteiger partial charge in [0.05, 0.1) is 6.10 Å². The van der Waals surface area contributed by atoms with Gasteiger partial charge in [-0.25, -0.2) is 0 Å². The predicted octanol–water partition coefficient (Wildman–Crippen LogP) is 2.95. The molecule has 1 saturated heterocycles. The highest BCUT2D eigenvalue weighted by molar-refractivity contribution is 5.48. The molecular weight excluding hydrogens is 210 g/mol. The average molecular weight is 233 g/mol. The standard InChI is InChI=1S/C15H23NO/c1-15(2,3)12-4-6-13(7-5-12)16-10-8-14(17)9-11-16/h4-7,14,17H,8-11H2,1-3H3. The second kappa shape index (κ2) is 4.69. The minimum Gasteiger partial charge on any atom is -0.393 e. The Hall–Kier alpha value is -1.02. The van der Waals surface area contributed by atoms with Gasteiger partial charge in [0, 0.05) is 18.8 Å². The molecule has 2 rings (SSSR count). The van der Waals surface area contributed by atoms with Gasteiger partial charge in [0.2, 0.25) is 0 Å². The Morgan fingerprint density at radius 3 is 2.06 bits per heavy atom. The van der Waals surface area contributed by atoms with E-state index in [9.17, 15) is 5.11 Å². The van der Waals surface area contributed by atoms with Crippen LogP contribution in [0.5, 0.6) is 0 Å². The van der Waals surface area contributed by atoms with Gasteiger partial charge in [-0.15, -0.1) is 0 Å². The summed E-state index contributed by atoms with van der Waals surface area (Å²) < 4.78 is 0. The highest BCUT2D eigenvalue weighted by Gasteiger charge is 2.18. The minimum absolute atomic E-state index is 0.0971. The Labute approximate surface area is 104 Å². The monoisotopic (exact) mass is 233 g/mol. The van der Waals surface area contributed by atoms with Crippen molar-refractivity contribution in [2.24, 2.45) is 0 Å². The lowest BCUT2D eigenvalue weighted by Crippen LogP contribution is -2.35. The number of aliphatic hydroxyl groups excluding tert-OH is 1. The van der Waals surface area contributed by atoms with Crippen LogP contribution in [0.3, 0.4) is 0 Å². The largest absolute Gasteiger partial charge is 0.393 e. The predicted molar refractivity (Wildman–Crippen MR) is 72.6 cm³/mol. The summed E-state index contributed by atoms with van der Waals surface area (Å²) >= 11 is 0. The zero-order valence-corrected chi connectivity index (χ0v) is 11.1. The second-order valence-corrected chi connectivity index (χ2v) is 6.02. The van der Waals surface area contributed by atoms with Crippen molar-refractivity contribution in [3.63, 3.8) is 0 Å². The second-order valence-electron chi connectivity index (χ2n) is 6.02. The quantitative estimate of drug-likeness (QED) is 0.806. The van der Waals surface area contributed by atoms with Crippen molar-refractivity contribution >= 4 is 5.69 Å². The number of anilines is 1. The average Bonchev–Trinajstić information content (AvgIpc) is 2.29. The van der Waals surface area contributed by atoms with Crippen LogP contribution in [-0.2, 0) is 5.41 Å². The fourth-order valence-electron chi connectivity index (χ4n) is 2.30. The van der Waals surface area contributed by atoms with Crippen molar-refractivity contribution in [3.8, 4) is 0 Å². The van der Waals surface area contributed by atoms with Gasteiger partial charge in [0.25, 0.3) is 0 Å². The first kappa shape index (κ1) is 12.4. The third-order valence-electron chi connectivity index (χ3n) is 3.56. The number of rotatable bonds is 1. The van der Waals surface area contributed by atoms with Crippen LogP contribution in [0.1, 0.15) is 39.2 Å². The SMILES string of the molecule is CC(C)(C)c1ccc(N2CCC(O)CC2)cc1. The van der Waals surface area contributed by atoms with Crippen molar-refractivity contribution in [1.82, 2.24) is 0 Å². The van der Waals surface area contributed by atoms with Crippen molar-refractivity contribution < 1.29 is 5.11 Å². The molecule has 1 N–H and O–H groups in total. The van der Waals surface area contributed by atoms with E-state index >= 15 is 0 Å². The molecule has 0 saturated carbocycles. The van der Waals surface area contributed by atoms with Gasteiger partial charge in [0.15, 0.2) is 0 Å². The molecule has 1 heterocycles. The lowest BCUT2D eigenvalue weighted by Gasteiger charge is -2.32. The maximum Gasteiger partial charge on any atom is 0.0574 e. The summed E-state index contributed by atoms with van der Waals surface area (Å²) in [5.74, 6) is 0. The first-order valence-electron chi connectivity index (χ1n) is 6.50. The van der Waals surface area contributed by atoms with Crippen LogP contribution < -0.4 is 4.90 Å². The van der Waals surface area contributed by atoms with Crippen LogP contribution >= 0.6 is 0 Å². The summed E-state index contributed by atoms with van der Waals surface area (Å²) in [5, 5.41) is 9.50. The first-order valence-corrected chi connectivity index (χ1v) is 6.50. The number of aliphatic hydroxyl groups is 1. The normalized spacial score (nSPS) is 18.5. The van der Waals surface area contributed by atoms with Crippen LogP contribution in [-0.4, -0.2) is 24.3 Å². The Morgan fingerprint density at radius 2 is 1.59 bits per heavy atom. The van der Waals surface area contributed by atoms with Gasteiger partial charge in [-0.1, -0.05) is 32.9 Å². The first-order chi connectivity index (χ1) is 7.97. The fraction of sp³-hybridized carbons (Fsp3) is 0.600. The summed E-state index contributed by atoms with van der Waals surface area (Å²) in [6.45, 7) is 8.64. The Balaban J connectivity index is 2.08. The van der Waals surface area contributed by atoms with Gasteiger partial charge in [0.1, 0.15) is 0 Å². The number of hydrogen-bond acceptors (Lipinski definition) is 2. The minimum atomic E-state index is -0.0971. The number of hydrogen-bond donors (Lipinski definition) is 1. The van der Waals surface area contributed by atoms with Crippen molar-refractivity contribution in [2.45, 2.75) is 45.1 Å². The highest BCUT2D eigenvalue weighted by atomic mass is 16.3. The van der Waals surface area contributed by atoms with Crippen molar-refractivity contribution in [2.75, 3.05) is 18.0 Å². The molecule has 0 unspecified atom stereocenters. The van der Waals surface area contributed by atoms with Gasteiger partial charge >= 0.3 is 0 Å². The highest BCUT2D eigenvalue weighted by Crippen LogP contribution is 2.26. The molecular formula is C15H23NO. The maximum absolute atomic E-state index is 9.50. The van der Waals surface area contributed by atoms with E-state index in [2.05, 4.69) is 49.9 Å². The van der Waals surface area contributed by atoms with Gasteiger partial charge in [-0.05, 0) is 36.0 Å². The molecule has 17 heavy (non-hydrogen) atoms. The van der Waals surface area contributed by atoms with E-state index in [0.717, 1.165) is 25.9 Å². The molecule has 1 aliphatic heterocycles. The molecule has 2 nitrogen and oxygen atoms in total. The van der Waals surface area contributed by atoms with E-state index in [1.54, 1.807) is 0 Å². The number of benzene rings is 1. The Bertz CT molecular complexity index is 356. The van der Waals surface area contributed by atoms with Gasteiger partial charge in [-0.2, -0.15) is 0 Å². The maximum atomic E-state index is 9.50. The fourth-order valence-corrected chi connectivity index (χ4v) is 2.30. The summed E-state index contributed by atoms with van der Waals surface area (Å²) in [7, 11) is 0. The molecule has 0 radical (unpaired) electrons. The van der Waals surface area contributed by atoms with Crippen LogP contribution in [0, 0.1) is 0 Å². The van der Waals surface area contributed by atoms with Crippen LogP contribution in [0.4, 0.5) is 5.69 Å². The lowest BCUT2D eigenvalue weighted by atomic mass is 9.87. The Kier molecular flexibility index (Phi) is 3.43. The zero-order valence-electron chi connectivity index (χ0n) is 11.1. The van der Waals surface area contributed by atoms with Gasteiger partial charge < -0.3 is 10.0 Å². The molecule has 0 aromatic heterocycles. The third-order valence-corrected chi connectivity index (χ3v) is 3.56. The molecule has 1 aromatic carbocycles. The number of piperidine rings is 1. The molecule has 1 aliphatic rings. The Morgan fingerprint density at radius 1 is 1.06 bits per heavy atom. The number of nitrogens with zero attached hydrogens (tertiary/aromatic N) is 1. The van der Waals surface area contributed by atoms with Crippen LogP contribution in [0.2, 0.25) is 0 Å². The summed E-state index contributed by atoms with van der Waals surface area (Å²) in [6, 6.07) is 8.86.